The molecule has 156 valence electrons. The summed E-state index contributed by atoms with van der Waals surface area (Å²) in [5.41, 5.74) is 2.55. The largest absolute Gasteiger partial charge is 0.350 e. The Labute approximate surface area is 177 Å². The van der Waals surface area contributed by atoms with E-state index in [0.717, 1.165) is 19.5 Å². The minimum atomic E-state index is -3.66. The average molecular weight is 436 g/mol. The lowest BCUT2D eigenvalue weighted by Gasteiger charge is -2.41. The van der Waals surface area contributed by atoms with Gasteiger partial charge in [-0.1, -0.05) is 35.9 Å². The molecular formula is C21H26ClN3O3S. The van der Waals surface area contributed by atoms with Crippen LogP contribution in [-0.2, 0) is 23.0 Å². The van der Waals surface area contributed by atoms with Crippen LogP contribution in [0.5, 0.6) is 0 Å². The van der Waals surface area contributed by atoms with Gasteiger partial charge in [0.15, 0.2) is 0 Å². The molecule has 1 aliphatic rings. The van der Waals surface area contributed by atoms with Crippen molar-refractivity contribution in [2.24, 2.45) is 0 Å². The molecule has 0 unspecified atom stereocenters. The van der Waals surface area contributed by atoms with Crippen LogP contribution in [0.15, 0.2) is 47.4 Å². The molecule has 0 saturated heterocycles. The molecule has 1 heterocycles. The van der Waals surface area contributed by atoms with Crippen LogP contribution in [0.3, 0.4) is 0 Å². The fourth-order valence-electron chi connectivity index (χ4n) is 3.48. The predicted octanol–water partition coefficient (Wildman–Crippen LogP) is 2.81. The molecule has 0 bridgehead atoms. The highest BCUT2D eigenvalue weighted by Crippen LogP contribution is 2.25. The molecule has 6 nitrogen and oxygen atoms in total. The number of amides is 1. The van der Waals surface area contributed by atoms with Crippen LogP contribution in [0.25, 0.3) is 0 Å². The normalized spacial score (nSPS) is 15.0. The fourth-order valence-corrected chi connectivity index (χ4v) is 4.44. The summed E-state index contributed by atoms with van der Waals surface area (Å²) in [7, 11) is -2.33. The number of hydrogen-bond donors (Lipinski definition) is 2. The fraction of sp³-hybridized carbons (Fsp3) is 0.381. The molecule has 3 rings (SSSR count). The zero-order valence-electron chi connectivity index (χ0n) is 16.8. The quantitative estimate of drug-likeness (QED) is 0.731. The SMILES string of the molecule is CNS(=O)(=O)c1ccc(Cl)c(C(=O)NCC(C)(C)N2CCc3ccccc3C2)c1. The monoisotopic (exact) mass is 435 g/mol. The van der Waals surface area contributed by atoms with Gasteiger partial charge < -0.3 is 5.32 Å². The number of benzene rings is 2. The van der Waals surface area contributed by atoms with E-state index in [1.807, 2.05) is 6.07 Å². The molecule has 0 spiro atoms. The Morgan fingerprint density at radius 1 is 1.17 bits per heavy atom. The topological polar surface area (TPSA) is 78.5 Å². The van der Waals surface area contributed by atoms with Crippen molar-refractivity contribution in [1.29, 1.82) is 0 Å². The van der Waals surface area contributed by atoms with Crippen LogP contribution < -0.4 is 10.0 Å². The Hall–Kier alpha value is -1.93. The van der Waals surface area contributed by atoms with E-state index in [2.05, 4.69) is 47.0 Å². The Kier molecular flexibility index (Phi) is 6.33. The number of carbonyl (C=O) groups is 1. The molecule has 0 aromatic heterocycles. The Morgan fingerprint density at radius 3 is 2.55 bits per heavy atom. The molecule has 0 atom stereocenters. The third kappa shape index (κ3) is 4.80. The predicted molar refractivity (Wildman–Crippen MR) is 115 cm³/mol. The lowest BCUT2D eigenvalue weighted by molar-refractivity contribution is 0.0826. The van der Waals surface area contributed by atoms with Gasteiger partial charge in [-0.25, -0.2) is 13.1 Å². The first-order valence-corrected chi connectivity index (χ1v) is 11.3. The van der Waals surface area contributed by atoms with Gasteiger partial charge in [-0.2, -0.15) is 0 Å². The summed E-state index contributed by atoms with van der Waals surface area (Å²) in [5, 5.41) is 3.13. The van der Waals surface area contributed by atoms with E-state index in [1.54, 1.807) is 0 Å². The summed E-state index contributed by atoms with van der Waals surface area (Å²) in [5.74, 6) is -0.395. The molecule has 2 aromatic rings. The summed E-state index contributed by atoms with van der Waals surface area (Å²) < 4.78 is 26.3. The number of nitrogens with one attached hydrogen (secondary N) is 2. The maximum atomic E-state index is 12.7. The van der Waals surface area contributed by atoms with Gasteiger partial charge >= 0.3 is 0 Å². The van der Waals surface area contributed by atoms with Crippen molar-refractivity contribution in [2.75, 3.05) is 20.1 Å². The molecule has 1 aliphatic heterocycles. The number of hydrogen-bond acceptors (Lipinski definition) is 4. The number of halogens is 1. The zero-order valence-corrected chi connectivity index (χ0v) is 18.4. The van der Waals surface area contributed by atoms with Gasteiger partial charge in [-0.05, 0) is 56.6 Å². The molecule has 0 saturated carbocycles. The minimum absolute atomic E-state index is 0.00134. The van der Waals surface area contributed by atoms with Crippen LogP contribution >= 0.6 is 11.6 Å². The Balaban J connectivity index is 1.71. The van der Waals surface area contributed by atoms with Crippen molar-refractivity contribution < 1.29 is 13.2 Å². The van der Waals surface area contributed by atoms with Gasteiger partial charge in [-0.3, -0.25) is 9.69 Å². The van der Waals surface area contributed by atoms with Crippen molar-refractivity contribution in [3.05, 3.63) is 64.2 Å². The van der Waals surface area contributed by atoms with Crippen LogP contribution in [0.4, 0.5) is 0 Å². The maximum absolute atomic E-state index is 12.7. The molecule has 2 aromatic carbocycles. The van der Waals surface area contributed by atoms with E-state index in [9.17, 15) is 13.2 Å². The lowest BCUT2D eigenvalue weighted by atomic mass is 9.94. The second-order valence-corrected chi connectivity index (χ2v) is 10.1. The number of nitrogens with zero attached hydrogens (tertiary/aromatic N) is 1. The molecular weight excluding hydrogens is 410 g/mol. The van der Waals surface area contributed by atoms with Crippen molar-refractivity contribution in [1.82, 2.24) is 14.9 Å². The van der Waals surface area contributed by atoms with Crippen LogP contribution in [0, 0.1) is 0 Å². The van der Waals surface area contributed by atoms with Gasteiger partial charge in [0.05, 0.1) is 15.5 Å². The third-order valence-electron chi connectivity index (χ3n) is 5.43. The molecule has 2 N–H and O–H groups in total. The molecule has 0 aliphatic carbocycles. The summed E-state index contributed by atoms with van der Waals surface area (Å²) >= 11 is 6.15. The first kappa shape index (κ1) is 21.8. The molecule has 0 radical (unpaired) electrons. The standard InChI is InChI=1S/C21H26ClN3O3S/c1-21(2,25-11-10-15-6-4-5-7-16(15)13-25)14-24-20(26)18-12-17(8-9-19(18)22)29(27,28)23-3/h4-9,12,23H,10-11,13-14H2,1-3H3,(H,24,26). The van der Waals surface area contributed by atoms with Gasteiger partial charge in [-0.15, -0.1) is 0 Å². The van der Waals surface area contributed by atoms with Crippen molar-refractivity contribution in [3.63, 3.8) is 0 Å². The number of rotatable bonds is 6. The first-order valence-electron chi connectivity index (χ1n) is 9.47. The average Bonchev–Trinajstić information content (AvgIpc) is 2.71. The number of carbonyl (C=O) groups excluding carboxylic acids is 1. The number of sulfonamides is 1. The molecule has 1 amide bonds. The van der Waals surface area contributed by atoms with E-state index in [4.69, 9.17) is 11.6 Å². The second kappa shape index (κ2) is 8.44. The van der Waals surface area contributed by atoms with E-state index in [0.29, 0.717) is 6.54 Å². The second-order valence-electron chi connectivity index (χ2n) is 7.78. The van der Waals surface area contributed by atoms with Gasteiger partial charge in [0.2, 0.25) is 10.0 Å². The Bertz CT molecular complexity index is 1020. The van der Waals surface area contributed by atoms with Crippen molar-refractivity contribution in [3.8, 4) is 0 Å². The zero-order chi connectivity index (χ0) is 21.2. The maximum Gasteiger partial charge on any atom is 0.252 e. The molecule has 0 fully saturated rings. The summed E-state index contributed by atoms with van der Waals surface area (Å²) in [6.07, 6.45) is 0.975. The van der Waals surface area contributed by atoms with E-state index < -0.39 is 15.9 Å². The van der Waals surface area contributed by atoms with Crippen molar-refractivity contribution in [2.45, 2.75) is 37.2 Å². The van der Waals surface area contributed by atoms with Crippen LogP contribution in [0.1, 0.15) is 35.3 Å². The van der Waals surface area contributed by atoms with Gasteiger partial charge in [0.1, 0.15) is 0 Å². The first-order chi connectivity index (χ1) is 13.6. The smallest absolute Gasteiger partial charge is 0.252 e. The van der Waals surface area contributed by atoms with Crippen LogP contribution in [0.2, 0.25) is 5.02 Å². The highest BCUT2D eigenvalue weighted by atomic mass is 35.5. The molecule has 8 heteroatoms. The van der Waals surface area contributed by atoms with Crippen LogP contribution in [-0.4, -0.2) is 44.9 Å². The Morgan fingerprint density at radius 2 is 1.86 bits per heavy atom. The summed E-state index contributed by atoms with van der Waals surface area (Å²) in [4.78, 5) is 15.1. The highest BCUT2D eigenvalue weighted by molar-refractivity contribution is 7.89. The third-order valence-corrected chi connectivity index (χ3v) is 7.17. The van der Waals surface area contributed by atoms with E-state index in [-0.39, 0.29) is 21.0 Å². The van der Waals surface area contributed by atoms with E-state index >= 15 is 0 Å². The lowest BCUT2D eigenvalue weighted by Crippen LogP contribution is -2.53. The van der Waals surface area contributed by atoms with Gasteiger partial charge in [0, 0.05) is 25.2 Å². The molecule has 29 heavy (non-hydrogen) atoms. The summed E-state index contributed by atoms with van der Waals surface area (Å²) in [6, 6.07) is 12.5. The highest BCUT2D eigenvalue weighted by Gasteiger charge is 2.30. The van der Waals surface area contributed by atoms with Gasteiger partial charge in [0.25, 0.3) is 5.91 Å². The van der Waals surface area contributed by atoms with Crippen molar-refractivity contribution >= 4 is 27.5 Å². The minimum Gasteiger partial charge on any atom is -0.350 e. The van der Waals surface area contributed by atoms with E-state index in [1.165, 1.54) is 36.4 Å². The number of fused-ring (bicyclic) bond motifs is 1. The summed E-state index contributed by atoms with van der Waals surface area (Å²) in [6.45, 7) is 6.33.